The molecule has 0 fully saturated rings. The molecule has 0 saturated heterocycles. The van der Waals surface area contributed by atoms with E-state index in [4.69, 9.17) is 12.1 Å². The summed E-state index contributed by atoms with van der Waals surface area (Å²) >= 11 is 0. The van der Waals surface area contributed by atoms with Gasteiger partial charge >= 0.3 is 0 Å². The summed E-state index contributed by atoms with van der Waals surface area (Å²) in [6.45, 7) is 19.5. The van der Waals surface area contributed by atoms with Crippen LogP contribution in [0.3, 0.4) is 0 Å². The summed E-state index contributed by atoms with van der Waals surface area (Å²) in [5.41, 5.74) is 9.47. The number of benzene rings is 8. The normalized spacial score (nSPS) is 13.6. The van der Waals surface area contributed by atoms with Gasteiger partial charge in [-0.15, -0.1) is 29.1 Å². The van der Waals surface area contributed by atoms with Crippen molar-refractivity contribution >= 4 is 82.1 Å². The van der Waals surface area contributed by atoms with Crippen molar-refractivity contribution in [1.82, 2.24) is 18.5 Å². The Morgan fingerprint density at radius 3 is 1.97 bits per heavy atom. The number of hydrogen-bond acceptors (Lipinski definition) is 2. The second-order valence-electron chi connectivity index (χ2n) is 21.8. The summed E-state index contributed by atoms with van der Waals surface area (Å²) in [4.78, 5) is 5.39. The van der Waals surface area contributed by atoms with Crippen LogP contribution in [-0.2, 0) is 37.3 Å². The summed E-state index contributed by atoms with van der Waals surface area (Å²) < 4.78 is 68.6. The molecule has 0 unspecified atom stereocenters. The van der Waals surface area contributed by atoms with Gasteiger partial charge in [0.1, 0.15) is 5.65 Å². The van der Waals surface area contributed by atoms with Crippen LogP contribution in [0.25, 0.3) is 105 Å². The molecule has 0 atom stereocenters. The van der Waals surface area contributed by atoms with Crippen molar-refractivity contribution in [2.45, 2.75) is 78.6 Å². The van der Waals surface area contributed by atoms with Crippen LogP contribution < -0.4 is 0 Å². The molecule has 12 rings (SSSR count). The Morgan fingerprint density at radius 1 is 0.528 bits per heavy atom. The van der Waals surface area contributed by atoms with Gasteiger partial charge in [-0.05, 0) is 108 Å². The van der Waals surface area contributed by atoms with Gasteiger partial charge in [0.2, 0.25) is 0 Å². The van der Waals surface area contributed by atoms with E-state index < -0.39 is 17.5 Å². The first-order chi connectivity index (χ1) is 36.6. The zero-order valence-electron chi connectivity index (χ0n) is 47.9. The minimum Gasteiger partial charge on any atom is -0.510 e. The average Bonchev–Trinajstić information content (AvgIpc) is 4.12. The smallest absolute Gasteiger partial charge is 0.136 e. The number of rotatable bonds is 1. The van der Waals surface area contributed by atoms with Gasteiger partial charge in [0.25, 0.3) is 0 Å². The van der Waals surface area contributed by atoms with Gasteiger partial charge in [0, 0.05) is 50.8 Å². The van der Waals surface area contributed by atoms with Crippen molar-refractivity contribution in [3.05, 3.63) is 211 Å². The Kier molecular flexibility index (Phi) is 9.77. The minimum absolute atomic E-state index is 0. The number of pyridine rings is 1. The van der Waals surface area contributed by atoms with Crippen LogP contribution >= 0.6 is 0 Å². The second-order valence-corrected chi connectivity index (χ2v) is 21.8. The maximum atomic E-state index is 9.70. The molecule has 3 aromatic heterocycles. The zero-order valence-corrected chi connectivity index (χ0v) is 44.1. The predicted molar refractivity (Wildman–Crippen MR) is 299 cm³/mol. The maximum Gasteiger partial charge on any atom is 0.136 e. The minimum atomic E-state index is -0.441. The molecule has 0 aliphatic carbocycles. The third-order valence-corrected chi connectivity index (χ3v) is 13.8. The van der Waals surface area contributed by atoms with E-state index in [9.17, 15) is 5.48 Å². The van der Waals surface area contributed by atoms with E-state index in [2.05, 4.69) is 199 Å². The Bertz CT molecular complexity index is 4610. The van der Waals surface area contributed by atoms with Crippen LogP contribution in [0.15, 0.2) is 187 Å². The molecule has 10 bridgehead atoms. The van der Waals surface area contributed by atoms with Crippen molar-refractivity contribution < 1.29 is 33.7 Å². The molecule has 5 nitrogen and oxygen atoms in total. The SMILES string of the molecule is [2H]c1c([2H])c([2H])c2c(c1[2H])c1c([2H])c([2H])c3[c-]c1n2c1cc(C(C)(C)C)cc(n1)c1cccc(c1)c1ccccc1c1cccc(-c2cccc(C(C)(C)C)c2)c1n1[cH-]n(c2[c-]c(cc(C(C)(C)C)c2)o3)-c2ccccc2-1.[Pt]. The molecular weight excluding hydrogens is 1060 g/mol. The fraction of sp³-hybridized carbons (Fsp3) is 0.182. The fourth-order valence-electron chi connectivity index (χ4n) is 9.95. The van der Waals surface area contributed by atoms with Crippen molar-refractivity contribution in [2.75, 3.05) is 0 Å². The van der Waals surface area contributed by atoms with Crippen LogP contribution in [0.2, 0.25) is 0 Å². The predicted octanol–water partition coefficient (Wildman–Crippen LogP) is 17.7. The maximum absolute atomic E-state index is 9.70. The van der Waals surface area contributed by atoms with Gasteiger partial charge in [-0.3, -0.25) is 0 Å². The molecule has 1 aliphatic heterocycles. The van der Waals surface area contributed by atoms with Crippen LogP contribution in [-0.4, -0.2) is 18.5 Å². The molecule has 0 spiro atoms. The number of para-hydroxylation sites is 4. The van der Waals surface area contributed by atoms with Gasteiger partial charge in [-0.1, -0.05) is 195 Å². The van der Waals surface area contributed by atoms with Crippen molar-refractivity contribution in [3.63, 3.8) is 0 Å². The first-order valence-electron chi connectivity index (χ1n) is 27.3. The van der Waals surface area contributed by atoms with E-state index in [0.29, 0.717) is 22.3 Å². The molecule has 360 valence electrons. The van der Waals surface area contributed by atoms with E-state index in [0.717, 1.165) is 66.1 Å². The molecule has 0 saturated carbocycles. The standard InChI is InChI=1S/C66H57N4O.Pt/c1-64(2,3)45-22-17-20-43(34-45)52-26-18-27-56-53-24-11-10-23-51(53)42-19-16-21-44(33-42)57-37-47(66(7,8)9)38-62(67-57)70-58-28-13-12-25-54(58)55-32-31-49(40-61(55)70)71-50-36-46(65(4,5)6)35-48(39-50)68-41-69(63(52)56)60-30-15-14-29-59(60)68;/h10-38,41H,1-9H3;/q-3;/i12D,13D,25D,28D,31D,32D;. The molecule has 4 heterocycles. The van der Waals surface area contributed by atoms with Crippen LogP contribution in [0, 0.1) is 12.1 Å². The van der Waals surface area contributed by atoms with Crippen LogP contribution in [0.1, 0.15) is 87.2 Å². The third kappa shape index (κ3) is 8.18. The topological polar surface area (TPSA) is 40.3 Å². The molecule has 8 aromatic carbocycles. The Balaban J connectivity index is 0.00000645. The van der Waals surface area contributed by atoms with E-state index in [1.807, 2.05) is 30.3 Å². The summed E-state index contributed by atoms with van der Waals surface area (Å²) in [5.74, 6) is 0. The largest absolute Gasteiger partial charge is 0.510 e. The average molecular weight is 1120 g/mol. The Labute approximate surface area is 444 Å². The van der Waals surface area contributed by atoms with E-state index in [1.165, 1.54) is 5.56 Å². The summed E-state index contributed by atoms with van der Waals surface area (Å²) in [6, 6.07) is 53.7. The summed E-state index contributed by atoms with van der Waals surface area (Å²) in [5, 5.41) is 5.11. The van der Waals surface area contributed by atoms with Gasteiger partial charge in [0.15, 0.2) is 0 Å². The van der Waals surface area contributed by atoms with E-state index in [1.54, 1.807) is 4.40 Å². The summed E-state index contributed by atoms with van der Waals surface area (Å²) in [6.07, 6.45) is 2.13. The fourth-order valence-corrected chi connectivity index (χ4v) is 9.95. The number of aromatic nitrogens is 4. The van der Waals surface area contributed by atoms with Crippen LogP contribution in [0.4, 0.5) is 0 Å². The van der Waals surface area contributed by atoms with Crippen molar-refractivity contribution in [3.8, 4) is 22.5 Å². The molecule has 72 heavy (non-hydrogen) atoms. The van der Waals surface area contributed by atoms with Gasteiger partial charge in [-0.2, -0.15) is 23.7 Å². The number of fused-ring (bicyclic) bond motifs is 23. The van der Waals surface area contributed by atoms with E-state index >= 15 is 0 Å². The zero-order chi connectivity index (χ0) is 54.2. The van der Waals surface area contributed by atoms with Gasteiger partial charge in [-0.25, -0.2) is 4.98 Å². The van der Waals surface area contributed by atoms with Gasteiger partial charge < -0.3 is 18.0 Å². The number of nitrogens with zero attached hydrogens (tertiary/aromatic N) is 4. The quantitative estimate of drug-likeness (QED) is 0.154. The molecule has 11 aromatic rings. The Morgan fingerprint density at radius 2 is 1.19 bits per heavy atom. The number of hydrogen-bond donors (Lipinski definition) is 0. The molecule has 0 amide bonds. The Hall–Kier alpha value is -7.33. The first-order valence-corrected chi connectivity index (χ1v) is 24.3. The first kappa shape index (κ1) is 40.3. The van der Waals surface area contributed by atoms with Gasteiger partial charge in [0.05, 0.1) is 11.0 Å². The molecule has 0 radical (unpaired) electrons. The van der Waals surface area contributed by atoms with E-state index in [-0.39, 0.29) is 83.5 Å². The van der Waals surface area contributed by atoms with Crippen molar-refractivity contribution in [1.29, 1.82) is 0 Å². The van der Waals surface area contributed by atoms with Crippen LogP contribution in [0.5, 0.6) is 0 Å². The molecule has 1 aliphatic rings. The third-order valence-electron chi connectivity index (χ3n) is 13.8. The monoisotopic (exact) mass is 1120 g/mol. The number of imidazole rings is 1. The molecular formula is C66H57N4OPt-3. The molecule has 0 N–H and O–H groups in total. The molecule has 6 heteroatoms. The second kappa shape index (κ2) is 17.5. The summed E-state index contributed by atoms with van der Waals surface area (Å²) in [7, 11) is 0. The van der Waals surface area contributed by atoms with Crippen molar-refractivity contribution in [2.24, 2.45) is 0 Å².